The predicted molar refractivity (Wildman–Crippen MR) is 97.4 cm³/mol. The number of rotatable bonds is 7. The van der Waals surface area contributed by atoms with E-state index >= 15 is 0 Å². The molecule has 0 aromatic heterocycles. The first-order chi connectivity index (χ1) is 11.8. The van der Waals surface area contributed by atoms with Gasteiger partial charge in [-0.2, -0.15) is 5.26 Å². The van der Waals surface area contributed by atoms with Gasteiger partial charge in [0.25, 0.3) is 0 Å². The Morgan fingerprint density at radius 3 is 1.96 bits per heavy atom. The number of aliphatic carboxylic acids is 1. The monoisotopic (exact) mass is 351 g/mol. The van der Waals surface area contributed by atoms with E-state index in [-0.39, 0.29) is 23.9 Å². The highest BCUT2D eigenvalue weighted by molar-refractivity contribution is 5.77. The Morgan fingerprint density at radius 1 is 1.16 bits per heavy atom. The van der Waals surface area contributed by atoms with Crippen LogP contribution in [0.4, 0.5) is 4.39 Å². The van der Waals surface area contributed by atoms with Crippen molar-refractivity contribution in [2.75, 3.05) is 0 Å². The molecule has 1 aromatic rings. The van der Waals surface area contributed by atoms with Crippen molar-refractivity contribution in [3.63, 3.8) is 0 Å². The summed E-state index contributed by atoms with van der Waals surface area (Å²) in [5, 5.41) is 16.5. The number of carboxylic acids is 1. The van der Waals surface area contributed by atoms with Crippen LogP contribution in [0.3, 0.4) is 0 Å². The van der Waals surface area contributed by atoms with Crippen LogP contribution >= 0.6 is 0 Å². The number of carbonyl (C=O) groups excluding carboxylic acids is 1. The van der Waals surface area contributed by atoms with Crippen molar-refractivity contribution in [3.05, 3.63) is 36.1 Å². The molecule has 0 aliphatic carbocycles. The zero-order chi connectivity index (χ0) is 19.7. The third-order valence-electron chi connectivity index (χ3n) is 3.61. The average molecular weight is 351 g/mol. The standard InChI is InChI=1S/C10H20O2.C6H5F.C4H5NO/c1-4-8(3)6-7-9(5-2)10(11)12;7-6-4-2-1-3-5-6;1-4(6)2-3-5/h8-9H,4-7H2,1-3H3,(H,11,12);1-5H;2H2,1H3. The summed E-state index contributed by atoms with van der Waals surface area (Å²) in [4.78, 5) is 20.5. The Labute approximate surface area is 150 Å². The molecule has 2 atom stereocenters. The van der Waals surface area contributed by atoms with Crippen molar-refractivity contribution in [2.45, 2.75) is 59.8 Å². The number of nitrogens with zero attached hydrogens (tertiary/aromatic N) is 1. The fourth-order valence-corrected chi connectivity index (χ4v) is 1.72. The molecule has 2 unspecified atom stereocenters. The summed E-state index contributed by atoms with van der Waals surface area (Å²) >= 11 is 0. The van der Waals surface area contributed by atoms with Gasteiger partial charge in [0.05, 0.1) is 18.4 Å². The lowest BCUT2D eigenvalue weighted by atomic mass is 9.94. The first kappa shape index (κ1) is 25.0. The van der Waals surface area contributed by atoms with Gasteiger partial charge in [-0.05, 0) is 44.2 Å². The van der Waals surface area contributed by atoms with E-state index in [1.54, 1.807) is 24.3 Å². The maximum Gasteiger partial charge on any atom is 0.306 e. The van der Waals surface area contributed by atoms with E-state index in [9.17, 15) is 14.0 Å². The largest absolute Gasteiger partial charge is 0.481 e. The lowest BCUT2D eigenvalue weighted by Gasteiger charge is -2.12. The van der Waals surface area contributed by atoms with Crippen LogP contribution in [0.2, 0.25) is 0 Å². The summed E-state index contributed by atoms with van der Waals surface area (Å²) in [6.45, 7) is 7.65. The van der Waals surface area contributed by atoms with Crippen molar-refractivity contribution in [2.24, 2.45) is 11.8 Å². The summed E-state index contributed by atoms with van der Waals surface area (Å²) < 4.78 is 11.9. The molecule has 25 heavy (non-hydrogen) atoms. The first-order valence-corrected chi connectivity index (χ1v) is 8.58. The molecule has 5 heteroatoms. The van der Waals surface area contributed by atoms with E-state index in [1.165, 1.54) is 19.1 Å². The predicted octanol–water partition coefficient (Wildman–Crippen LogP) is 5.24. The molecule has 0 amide bonds. The normalized spacial score (nSPS) is 11.5. The van der Waals surface area contributed by atoms with Crippen molar-refractivity contribution >= 4 is 11.8 Å². The van der Waals surface area contributed by atoms with Crippen molar-refractivity contribution in [3.8, 4) is 6.07 Å². The lowest BCUT2D eigenvalue weighted by Crippen LogP contribution is -2.13. The third-order valence-corrected chi connectivity index (χ3v) is 3.61. The third kappa shape index (κ3) is 18.0. The number of benzene rings is 1. The molecule has 4 nitrogen and oxygen atoms in total. The molecule has 0 bridgehead atoms. The number of nitriles is 1. The number of Topliss-reactive ketones (excluding diaryl/α,β-unsaturated/α-hetero) is 1. The quantitative estimate of drug-likeness (QED) is 0.729. The molecule has 0 radical (unpaired) electrons. The van der Waals surface area contributed by atoms with Crippen LogP contribution in [0.25, 0.3) is 0 Å². The van der Waals surface area contributed by atoms with Gasteiger partial charge in [0.15, 0.2) is 0 Å². The molecular formula is C20H30FNO3. The van der Waals surface area contributed by atoms with E-state index in [4.69, 9.17) is 10.4 Å². The Kier molecular flexibility index (Phi) is 16.6. The van der Waals surface area contributed by atoms with Gasteiger partial charge >= 0.3 is 5.97 Å². The highest BCUT2D eigenvalue weighted by Gasteiger charge is 2.15. The SMILES string of the molecule is CC(=O)CC#N.CCC(C)CCC(CC)C(=O)O.Fc1ccccc1. The van der Waals surface area contributed by atoms with Gasteiger partial charge in [-0.25, -0.2) is 4.39 Å². The highest BCUT2D eigenvalue weighted by atomic mass is 19.1. The molecule has 0 aliphatic rings. The van der Waals surface area contributed by atoms with E-state index in [1.807, 2.05) is 6.92 Å². The van der Waals surface area contributed by atoms with Crippen LogP contribution in [0.5, 0.6) is 0 Å². The second-order valence-corrected chi connectivity index (χ2v) is 5.87. The fourth-order valence-electron chi connectivity index (χ4n) is 1.72. The van der Waals surface area contributed by atoms with E-state index in [0.717, 1.165) is 25.7 Å². The van der Waals surface area contributed by atoms with Crippen LogP contribution in [0.15, 0.2) is 30.3 Å². The fraction of sp³-hybridized carbons (Fsp3) is 0.550. The van der Waals surface area contributed by atoms with Gasteiger partial charge in [-0.1, -0.05) is 45.4 Å². The summed E-state index contributed by atoms with van der Waals surface area (Å²) in [5.41, 5.74) is 0. The maximum atomic E-state index is 11.9. The van der Waals surface area contributed by atoms with Crippen molar-refractivity contribution in [1.29, 1.82) is 5.26 Å². The highest BCUT2D eigenvalue weighted by Crippen LogP contribution is 2.17. The summed E-state index contributed by atoms with van der Waals surface area (Å²) in [6.07, 6.45) is 3.82. The molecule has 0 fully saturated rings. The molecule has 1 N–H and O–H groups in total. The second-order valence-electron chi connectivity index (χ2n) is 5.87. The molecule has 0 saturated heterocycles. The minimum Gasteiger partial charge on any atom is -0.481 e. The molecular weight excluding hydrogens is 321 g/mol. The number of hydrogen-bond donors (Lipinski definition) is 1. The average Bonchev–Trinajstić information content (AvgIpc) is 2.56. The van der Waals surface area contributed by atoms with Crippen LogP contribution in [0, 0.1) is 29.0 Å². The van der Waals surface area contributed by atoms with Crippen LogP contribution in [-0.4, -0.2) is 16.9 Å². The Bertz CT molecular complexity index is 511. The van der Waals surface area contributed by atoms with Gasteiger partial charge in [-0.3, -0.25) is 9.59 Å². The minimum atomic E-state index is -0.638. The topological polar surface area (TPSA) is 78.2 Å². The van der Waals surface area contributed by atoms with Crippen LogP contribution in [-0.2, 0) is 9.59 Å². The molecule has 0 saturated carbocycles. The summed E-state index contributed by atoms with van der Waals surface area (Å²) in [6, 6.07) is 9.66. The van der Waals surface area contributed by atoms with Gasteiger partial charge in [0.2, 0.25) is 0 Å². The maximum absolute atomic E-state index is 11.9. The number of ketones is 1. The Balaban J connectivity index is 0. The smallest absolute Gasteiger partial charge is 0.306 e. The molecule has 1 rings (SSSR count). The first-order valence-electron chi connectivity index (χ1n) is 8.58. The number of hydrogen-bond acceptors (Lipinski definition) is 3. The van der Waals surface area contributed by atoms with E-state index in [2.05, 4.69) is 13.8 Å². The minimum absolute atomic E-state index is 0.0417. The summed E-state index contributed by atoms with van der Waals surface area (Å²) in [7, 11) is 0. The van der Waals surface area contributed by atoms with Gasteiger partial charge in [0, 0.05) is 0 Å². The van der Waals surface area contributed by atoms with Gasteiger partial charge < -0.3 is 5.11 Å². The van der Waals surface area contributed by atoms with Crippen LogP contribution < -0.4 is 0 Å². The van der Waals surface area contributed by atoms with Crippen LogP contribution in [0.1, 0.15) is 59.8 Å². The molecule has 0 heterocycles. The molecule has 140 valence electrons. The molecule has 1 aromatic carbocycles. The number of halogens is 1. The molecule has 0 aliphatic heterocycles. The van der Waals surface area contributed by atoms with Gasteiger partial charge in [-0.15, -0.1) is 0 Å². The number of carbonyl (C=O) groups is 2. The van der Waals surface area contributed by atoms with E-state index in [0.29, 0.717) is 5.92 Å². The second kappa shape index (κ2) is 16.6. The van der Waals surface area contributed by atoms with Crippen molar-refractivity contribution in [1.82, 2.24) is 0 Å². The zero-order valence-electron chi connectivity index (χ0n) is 15.7. The molecule has 0 spiro atoms. The van der Waals surface area contributed by atoms with Crippen molar-refractivity contribution < 1.29 is 19.1 Å². The van der Waals surface area contributed by atoms with E-state index < -0.39 is 5.97 Å². The lowest BCUT2D eigenvalue weighted by molar-refractivity contribution is -0.142. The van der Waals surface area contributed by atoms with Gasteiger partial charge in [0.1, 0.15) is 11.6 Å². The zero-order valence-corrected chi connectivity index (χ0v) is 15.7. The Morgan fingerprint density at radius 2 is 1.72 bits per heavy atom. The number of carboxylic acid groups (broad SMARTS) is 1. The summed E-state index contributed by atoms with van der Waals surface area (Å²) in [5.74, 6) is -0.349. The Hall–Kier alpha value is -2.22.